The molecule has 7 nitrogen and oxygen atoms in total. The van der Waals surface area contributed by atoms with Gasteiger partial charge in [-0.05, 0) is 63.8 Å². The zero-order chi connectivity index (χ0) is 21.5. The Kier molecular flexibility index (Phi) is 5.36. The summed E-state index contributed by atoms with van der Waals surface area (Å²) < 4.78 is 1.58. The number of aliphatic hydroxyl groups is 1. The van der Waals surface area contributed by atoms with Crippen LogP contribution in [0, 0.1) is 20.8 Å². The van der Waals surface area contributed by atoms with Crippen LogP contribution in [0.5, 0.6) is 0 Å². The van der Waals surface area contributed by atoms with Gasteiger partial charge in [0.1, 0.15) is 0 Å². The molecule has 0 aliphatic heterocycles. The Labute approximate surface area is 170 Å². The number of amides is 2. The van der Waals surface area contributed by atoms with Gasteiger partial charge in [-0.2, -0.15) is 0 Å². The number of hydrogen-bond acceptors (Lipinski definition) is 4. The molecule has 1 aliphatic rings. The molecule has 29 heavy (non-hydrogen) atoms. The summed E-state index contributed by atoms with van der Waals surface area (Å²) in [4.78, 5) is 38.3. The number of carbonyl (C=O) groups is 3. The largest absolute Gasteiger partial charge is 0.393 e. The van der Waals surface area contributed by atoms with Gasteiger partial charge in [0.05, 0.1) is 17.4 Å². The van der Waals surface area contributed by atoms with Crippen LogP contribution < -0.4 is 10.6 Å². The van der Waals surface area contributed by atoms with Crippen LogP contribution >= 0.6 is 0 Å². The molecule has 1 fully saturated rings. The summed E-state index contributed by atoms with van der Waals surface area (Å²) in [5.41, 5.74) is 2.76. The normalized spacial score (nSPS) is 20.7. The first-order chi connectivity index (χ1) is 13.5. The maximum atomic E-state index is 12.9. The first-order valence-electron chi connectivity index (χ1n) is 9.61. The van der Waals surface area contributed by atoms with E-state index in [4.69, 9.17) is 0 Å². The van der Waals surface area contributed by atoms with Crippen molar-refractivity contribution in [3.05, 3.63) is 52.3 Å². The molecule has 0 radical (unpaired) electrons. The van der Waals surface area contributed by atoms with Crippen molar-refractivity contribution in [1.29, 1.82) is 0 Å². The first kappa shape index (κ1) is 20.8. The van der Waals surface area contributed by atoms with Crippen molar-refractivity contribution in [3.63, 3.8) is 0 Å². The van der Waals surface area contributed by atoms with Crippen molar-refractivity contribution in [3.8, 4) is 0 Å². The summed E-state index contributed by atoms with van der Waals surface area (Å²) >= 11 is 0. The molecule has 0 bridgehead atoms. The van der Waals surface area contributed by atoms with Gasteiger partial charge in [-0.3, -0.25) is 14.4 Å². The van der Waals surface area contributed by atoms with Gasteiger partial charge in [0.2, 0.25) is 0 Å². The van der Waals surface area contributed by atoms with Crippen LogP contribution in [0.2, 0.25) is 0 Å². The second-order valence-corrected chi connectivity index (χ2v) is 8.22. The average Bonchev–Trinajstić information content (AvgIpc) is 2.82. The number of carbonyl (C=O) groups excluding carboxylic acids is 3. The predicted octanol–water partition coefficient (Wildman–Crippen LogP) is 2.41. The zero-order valence-electron chi connectivity index (χ0n) is 17.4. The lowest BCUT2D eigenvalue weighted by Gasteiger charge is -2.42. The maximum absolute atomic E-state index is 12.9. The van der Waals surface area contributed by atoms with Crippen LogP contribution in [-0.2, 0) is 11.8 Å². The Morgan fingerprint density at radius 1 is 1.17 bits per heavy atom. The zero-order valence-corrected chi connectivity index (χ0v) is 17.4. The van der Waals surface area contributed by atoms with Gasteiger partial charge in [-0.25, -0.2) is 0 Å². The Bertz CT molecular complexity index is 1000. The van der Waals surface area contributed by atoms with Crippen molar-refractivity contribution in [2.75, 3.05) is 5.32 Å². The fraction of sp³-hybridized carbons (Fsp3) is 0.409. The third-order valence-electron chi connectivity index (χ3n) is 5.64. The quantitative estimate of drug-likeness (QED) is 0.533. The molecule has 3 N–H and O–H groups in total. The van der Waals surface area contributed by atoms with Crippen LogP contribution in [0.25, 0.3) is 0 Å². The summed E-state index contributed by atoms with van der Waals surface area (Å²) in [5.74, 6) is -1.74. The minimum Gasteiger partial charge on any atom is -0.393 e. The number of aromatic nitrogens is 1. The highest BCUT2D eigenvalue weighted by Crippen LogP contribution is 2.32. The molecule has 0 atom stereocenters. The number of anilines is 1. The van der Waals surface area contributed by atoms with Crippen LogP contribution in [-0.4, -0.2) is 38.9 Å². The summed E-state index contributed by atoms with van der Waals surface area (Å²) in [6.07, 6.45) is 0.383. The van der Waals surface area contributed by atoms with E-state index in [2.05, 4.69) is 10.6 Å². The van der Waals surface area contributed by atoms with Crippen molar-refractivity contribution in [1.82, 2.24) is 9.88 Å². The monoisotopic (exact) mass is 397 g/mol. The molecule has 7 heteroatoms. The highest BCUT2D eigenvalue weighted by Gasteiger charge is 2.42. The number of aliphatic hydroxyl groups excluding tert-OH is 1. The number of ketones is 1. The van der Waals surface area contributed by atoms with E-state index in [0.717, 1.165) is 5.56 Å². The Balaban J connectivity index is 1.85. The van der Waals surface area contributed by atoms with E-state index in [1.54, 1.807) is 38.5 Å². The molecule has 1 heterocycles. The average molecular weight is 397 g/mol. The lowest BCUT2D eigenvalue weighted by atomic mass is 9.76. The van der Waals surface area contributed by atoms with Gasteiger partial charge in [0.15, 0.2) is 0 Å². The lowest BCUT2D eigenvalue weighted by molar-refractivity contribution is -0.121. The lowest BCUT2D eigenvalue weighted by Crippen LogP contribution is -2.58. The highest BCUT2D eigenvalue weighted by atomic mass is 16.3. The molecule has 1 aliphatic carbocycles. The first-order valence-corrected chi connectivity index (χ1v) is 9.61. The molecule has 1 aromatic heterocycles. The van der Waals surface area contributed by atoms with Crippen molar-refractivity contribution < 1.29 is 19.5 Å². The van der Waals surface area contributed by atoms with Gasteiger partial charge in [-0.1, -0.05) is 12.1 Å². The third kappa shape index (κ3) is 3.96. The van der Waals surface area contributed by atoms with Crippen molar-refractivity contribution in [2.45, 2.75) is 52.2 Å². The van der Waals surface area contributed by atoms with Crippen LogP contribution in [0.3, 0.4) is 0 Å². The number of nitrogens with one attached hydrogen (secondary N) is 2. The van der Waals surface area contributed by atoms with Gasteiger partial charge >= 0.3 is 0 Å². The van der Waals surface area contributed by atoms with E-state index in [1.165, 1.54) is 0 Å². The molecule has 0 saturated heterocycles. The number of benzene rings is 1. The molecule has 2 amide bonds. The number of nitrogens with zero attached hydrogens (tertiary/aromatic N) is 1. The SMILES string of the molecule is Cc1cccc(NC(=O)c2c(C)c(C(=O)C(=O)NC3(C)CC(O)C3)n(C)c2C)c1. The second kappa shape index (κ2) is 7.48. The number of hydrogen-bond donors (Lipinski definition) is 3. The maximum Gasteiger partial charge on any atom is 0.294 e. The minimum absolute atomic E-state index is 0.192. The summed E-state index contributed by atoms with van der Waals surface area (Å²) in [7, 11) is 1.67. The number of rotatable bonds is 5. The molecule has 0 spiro atoms. The molecule has 1 aromatic carbocycles. The molecule has 2 aromatic rings. The smallest absolute Gasteiger partial charge is 0.294 e. The van der Waals surface area contributed by atoms with Crippen molar-refractivity contribution >= 4 is 23.3 Å². The Morgan fingerprint density at radius 2 is 1.83 bits per heavy atom. The van der Waals surface area contributed by atoms with E-state index >= 15 is 0 Å². The van der Waals surface area contributed by atoms with E-state index in [1.807, 2.05) is 25.1 Å². The van der Waals surface area contributed by atoms with Gasteiger partial charge in [-0.15, -0.1) is 0 Å². The number of aryl methyl sites for hydroxylation is 1. The van der Waals surface area contributed by atoms with Gasteiger partial charge < -0.3 is 20.3 Å². The summed E-state index contributed by atoms with van der Waals surface area (Å²) in [6.45, 7) is 7.16. The third-order valence-corrected chi connectivity index (χ3v) is 5.64. The van der Waals surface area contributed by atoms with Gasteiger partial charge in [0, 0.05) is 24.0 Å². The molecule has 3 rings (SSSR count). The Hall–Kier alpha value is -2.93. The minimum atomic E-state index is -0.728. The number of Topliss-reactive ketones (excluding diaryl/α,β-unsaturated/α-hetero) is 1. The standard InChI is InChI=1S/C22H27N3O4/c1-12-7-6-8-15(9-12)23-20(28)17-13(2)18(25(5)14(17)3)19(27)21(29)24-22(4)10-16(26)11-22/h6-9,16,26H,10-11H2,1-5H3,(H,23,28)(H,24,29). The van der Waals surface area contributed by atoms with Crippen LogP contribution in [0.15, 0.2) is 24.3 Å². The van der Waals surface area contributed by atoms with Crippen molar-refractivity contribution in [2.24, 2.45) is 7.05 Å². The fourth-order valence-corrected chi connectivity index (χ4v) is 4.07. The fourth-order valence-electron chi connectivity index (χ4n) is 4.07. The van der Waals surface area contributed by atoms with E-state index < -0.39 is 23.3 Å². The topological polar surface area (TPSA) is 100 Å². The highest BCUT2D eigenvalue weighted by molar-refractivity contribution is 6.43. The second-order valence-electron chi connectivity index (χ2n) is 8.22. The summed E-state index contributed by atoms with van der Waals surface area (Å²) in [5, 5.41) is 15.1. The van der Waals surface area contributed by atoms with E-state index in [0.29, 0.717) is 35.3 Å². The Morgan fingerprint density at radius 3 is 2.41 bits per heavy atom. The van der Waals surface area contributed by atoms with Gasteiger partial charge in [0.25, 0.3) is 17.6 Å². The summed E-state index contributed by atoms with van der Waals surface area (Å²) in [6, 6.07) is 7.45. The predicted molar refractivity (Wildman–Crippen MR) is 110 cm³/mol. The van der Waals surface area contributed by atoms with E-state index in [-0.39, 0.29) is 11.6 Å². The molecule has 154 valence electrons. The van der Waals surface area contributed by atoms with Crippen LogP contribution in [0.1, 0.15) is 57.4 Å². The molecule has 1 saturated carbocycles. The molecule has 0 unspecified atom stereocenters. The molecular weight excluding hydrogens is 370 g/mol. The van der Waals surface area contributed by atoms with E-state index in [9.17, 15) is 19.5 Å². The van der Waals surface area contributed by atoms with Crippen LogP contribution in [0.4, 0.5) is 5.69 Å². The molecular formula is C22H27N3O4.